The molecule has 2 aromatic rings. The standard InChI is InChI=1S/C19H21NS/c1-2-15-7-3-5-9-18(15)21-19-10-6-4-8-17(19)16-11-13-20-14-12-16/h3-11,20H,2,12-14H2,1H3. The molecule has 0 amide bonds. The van der Waals surface area contributed by atoms with Gasteiger partial charge in [0.25, 0.3) is 0 Å². The van der Waals surface area contributed by atoms with Gasteiger partial charge >= 0.3 is 0 Å². The van der Waals surface area contributed by atoms with E-state index in [1.165, 1.54) is 26.5 Å². The van der Waals surface area contributed by atoms with Crippen molar-refractivity contribution in [2.45, 2.75) is 29.6 Å². The molecule has 1 aliphatic rings. The summed E-state index contributed by atoms with van der Waals surface area (Å²) in [6.07, 6.45) is 4.53. The second kappa shape index (κ2) is 6.97. The van der Waals surface area contributed by atoms with E-state index < -0.39 is 0 Å². The van der Waals surface area contributed by atoms with Crippen LogP contribution in [0.5, 0.6) is 0 Å². The van der Waals surface area contributed by atoms with Gasteiger partial charge in [-0.2, -0.15) is 0 Å². The molecule has 0 saturated heterocycles. The quantitative estimate of drug-likeness (QED) is 0.871. The normalized spacial score (nSPS) is 14.8. The molecule has 0 atom stereocenters. The number of hydrogen-bond donors (Lipinski definition) is 1. The zero-order valence-corrected chi connectivity index (χ0v) is 13.2. The lowest BCUT2D eigenvalue weighted by Gasteiger charge is -2.17. The molecule has 0 saturated carbocycles. The van der Waals surface area contributed by atoms with Crippen LogP contribution in [0.15, 0.2) is 64.4 Å². The fraction of sp³-hybridized carbons (Fsp3) is 0.263. The van der Waals surface area contributed by atoms with Crippen LogP contribution in [0.2, 0.25) is 0 Å². The second-order valence-corrected chi connectivity index (χ2v) is 6.33. The molecule has 0 bridgehead atoms. The van der Waals surface area contributed by atoms with Gasteiger partial charge in [0.05, 0.1) is 0 Å². The molecule has 108 valence electrons. The van der Waals surface area contributed by atoms with E-state index in [1.54, 1.807) is 0 Å². The Bertz CT molecular complexity index is 646. The fourth-order valence-corrected chi connectivity index (χ4v) is 3.88. The van der Waals surface area contributed by atoms with Crippen LogP contribution in [0, 0.1) is 0 Å². The molecule has 1 aliphatic heterocycles. The topological polar surface area (TPSA) is 12.0 Å². The third-order valence-electron chi connectivity index (χ3n) is 3.87. The highest BCUT2D eigenvalue weighted by molar-refractivity contribution is 7.99. The maximum atomic E-state index is 3.39. The molecule has 21 heavy (non-hydrogen) atoms. The van der Waals surface area contributed by atoms with E-state index in [0.29, 0.717) is 0 Å². The summed E-state index contributed by atoms with van der Waals surface area (Å²) in [5, 5.41) is 3.39. The van der Waals surface area contributed by atoms with E-state index in [2.05, 4.69) is 66.8 Å². The van der Waals surface area contributed by atoms with Crippen molar-refractivity contribution in [3.8, 4) is 0 Å². The molecule has 1 nitrogen and oxygen atoms in total. The summed E-state index contributed by atoms with van der Waals surface area (Å²) < 4.78 is 0. The minimum Gasteiger partial charge on any atom is -0.313 e. The van der Waals surface area contributed by atoms with Crippen LogP contribution < -0.4 is 5.32 Å². The average molecular weight is 295 g/mol. The molecule has 2 heteroatoms. The van der Waals surface area contributed by atoms with Gasteiger partial charge in [-0.1, -0.05) is 61.2 Å². The van der Waals surface area contributed by atoms with Gasteiger partial charge < -0.3 is 5.32 Å². The van der Waals surface area contributed by atoms with E-state index in [-0.39, 0.29) is 0 Å². The van der Waals surface area contributed by atoms with Crippen molar-refractivity contribution in [3.63, 3.8) is 0 Å². The van der Waals surface area contributed by atoms with Gasteiger partial charge in [-0.15, -0.1) is 0 Å². The van der Waals surface area contributed by atoms with Crippen molar-refractivity contribution in [3.05, 3.63) is 65.7 Å². The van der Waals surface area contributed by atoms with Gasteiger partial charge in [-0.3, -0.25) is 0 Å². The zero-order chi connectivity index (χ0) is 14.5. The Hall–Kier alpha value is -1.51. The van der Waals surface area contributed by atoms with Crippen LogP contribution in [0.4, 0.5) is 0 Å². The zero-order valence-electron chi connectivity index (χ0n) is 12.4. The Morgan fingerprint density at radius 1 is 1.00 bits per heavy atom. The first-order valence-electron chi connectivity index (χ1n) is 7.63. The van der Waals surface area contributed by atoms with E-state index >= 15 is 0 Å². The van der Waals surface area contributed by atoms with Crippen molar-refractivity contribution in [2.24, 2.45) is 0 Å². The van der Waals surface area contributed by atoms with Crippen molar-refractivity contribution < 1.29 is 0 Å². The lowest BCUT2D eigenvalue weighted by Crippen LogP contribution is -2.20. The molecule has 0 aliphatic carbocycles. The van der Waals surface area contributed by atoms with Crippen LogP contribution in [0.25, 0.3) is 5.57 Å². The van der Waals surface area contributed by atoms with E-state index in [0.717, 1.165) is 25.9 Å². The summed E-state index contributed by atoms with van der Waals surface area (Å²) in [5.41, 5.74) is 4.30. The molecule has 3 rings (SSSR count). The van der Waals surface area contributed by atoms with Gasteiger partial charge in [-0.25, -0.2) is 0 Å². The third-order valence-corrected chi connectivity index (χ3v) is 5.06. The maximum absolute atomic E-state index is 3.39. The molecule has 0 aromatic heterocycles. The molecule has 0 spiro atoms. The number of benzene rings is 2. The third kappa shape index (κ3) is 3.39. The summed E-state index contributed by atoms with van der Waals surface area (Å²) in [7, 11) is 0. The Morgan fingerprint density at radius 3 is 2.52 bits per heavy atom. The van der Waals surface area contributed by atoms with E-state index in [9.17, 15) is 0 Å². The maximum Gasteiger partial charge on any atom is 0.0197 e. The summed E-state index contributed by atoms with van der Waals surface area (Å²) in [6.45, 7) is 4.29. The van der Waals surface area contributed by atoms with E-state index in [1.807, 2.05) is 11.8 Å². The number of rotatable bonds is 4. The minimum absolute atomic E-state index is 0.986. The molecule has 0 unspecified atom stereocenters. The molecule has 2 aromatic carbocycles. The smallest absolute Gasteiger partial charge is 0.0197 e. The summed E-state index contributed by atoms with van der Waals surface area (Å²) in [6, 6.07) is 17.5. The Balaban J connectivity index is 1.94. The molecule has 0 fully saturated rings. The summed E-state index contributed by atoms with van der Waals surface area (Å²) in [4.78, 5) is 2.74. The molecule has 1 heterocycles. The Morgan fingerprint density at radius 2 is 1.76 bits per heavy atom. The molecular weight excluding hydrogens is 274 g/mol. The van der Waals surface area contributed by atoms with Crippen LogP contribution >= 0.6 is 11.8 Å². The van der Waals surface area contributed by atoms with Gasteiger partial charge in [0.15, 0.2) is 0 Å². The average Bonchev–Trinajstić information content (AvgIpc) is 2.57. The van der Waals surface area contributed by atoms with Crippen LogP contribution in [-0.2, 0) is 6.42 Å². The van der Waals surface area contributed by atoms with Crippen molar-refractivity contribution >= 4 is 17.3 Å². The van der Waals surface area contributed by atoms with E-state index in [4.69, 9.17) is 0 Å². The largest absolute Gasteiger partial charge is 0.313 e. The van der Waals surface area contributed by atoms with Crippen molar-refractivity contribution in [1.29, 1.82) is 0 Å². The summed E-state index contributed by atoms with van der Waals surface area (Å²) in [5.74, 6) is 0. The number of aryl methyl sites for hydroxylation is 1. The highest BCUT2D eigenvalue weighted by Crippen LogP contribution is 2.36. The van der Waals surface area contributed by atoms with Gasteiger partial charge in [0.1, 0.15) is 0 Å². The fourth-order valence-electron chi connectivity index (χ4n) is 2.70. The van der Waals surface area contributed by atoms with Crippen molar-refractivity contribution in [1.82, 2.24) is 5.32 Å². The minimum atomic E-state index is 0.986. The summed E-state index contributed by atoms with van der Waals surface area (Å²) >= 11 is 1.90. The Kier molecular flexibility index (Phi) is 4.79. The van der Waals surface area contributed by atoms with Gasteiger partial charge in [0, 0.05) is 16.3 Å². The molecule has 0 radical (unpaired) electrons. The lowest BCUT2D eigenvalue weighted by molar-refractivity contribution is 0.737. The predicted octanol–water partition coefficient (Wildman–Crippen LogP) is 4.78. The van der Waals surface area contributed by atoms with Crippen LogP contribution in [-0.4, -0.2) is 13.1 Å². The first-order valence-corrected chi connectivity index (χ1v) is 8.45. The Labute approximate surface area is 131 Å². The van der Waals surface area contributed by atoms with Crippen LogP contribution in [0.1, 0.15) is 24.5 Å². The first-order chi connectivity index (χ1) is 10.4. The second-order valence-electron chi connectivity index (χ2n) is 5.24. The SMILES string of the molecule is CCc1ccccc1Sc1ccccc1C1=CCNCC1. The predicted molar refractivity (Wildman–Crippen MR) is 91.8 cm³/mol. The van der Waals surface area contributed by atoms with Crippen molar-refractivity contribution in [2.75, 3.05) is 13.1 Å². The van der Waals surface area contributed by atoms with Crippen LogP contribution in [0.3, 0.4) is 0 Å². The van der Waals surface area contributed by atoms with Gasteiger partial charge in [-0.05, 0) is 48.2 Å². The monoisotopic (exact) mass is 295 g/mol. The highest BCUT2D eigenvalue weighted by atomic mass is 32.2. The number of nitrogens with one attached hydrogen (secondary N) is 1. The molecule has 1 N–H and O–H groups in total. The first kappa shape index (κ1) is 14.4. The lowest BCUT2D eigenvalue weighted by atomic mass is 10.0. The number of hydrogen-bond acceptors (Lipinski definition) is 2. The molecular formula is C19H21NS. The van der Waals surface area contributed by atoms with Gasteiger partial charge in [0.2, 0.25) is 0 Å². The highest BCUT2D eigenvalue weighted by Gasteiger charge is 2.11.